The number of likely N-dealkylation sites (N-methyl/N-ethyl adjacent to an activating group) is 1. The predicted molar refractivity (Wildman–Crippen MR) is 40.9 cm³/mol. The second-order valence-electron chi connectivity index (χ2n) is 2.92. The minimum Gasteiger partial charge on any atom is -0.380 e. The molecule has 3 heteroatoms. The minimum atomic E-state index is 0.401. The summed E-state index contributed by atoms with van der Waals surface area (Å²) in [5, 5.41) is 0. The fraction of sp³-hybridized carbons (Fsp3) is 1.00. The smallest absolute Gasteiger partial charge is 0.0713 e. The molecule has 10 heavy (non-hydrogen) atoms. The molecule has 1 fully saturated rings. The van der Waals surface area contributed by atoms with Crippen LogP contribution in [0.1, 0.15) is 6.42 Å². The largest absolute Gasteiger partial charge is 0.380 e. The number of methoxy groups -OCH3 is 1. The lowest BCUT2D eigenvalue weighted by molar-refractivity contribution is 0.111. The molecule has 1 rings (SSSR count). The molecule has 1 unspecified atom stereocenters. The van der Waals surface area contributed by atoms with Crippen molar-refractivity contribution >= 4 is 0 Å². The molecule has 1 aliphatic heterocycles. The molecule has 2 atom stereocenters. The molecular weight excluding hydrogens is 128 g/mol. The van der Waals surface area contributed by atoms with E-state index in [9.17, 15) is 0 Å². The SMILES string of the molecule is COC1C[C@@H](CN)N(C)C1. The Morgan fingerprint density at radius 1 is 1.70 bits per heavy atom. The third-order valence-corrected chi connectivity index (χ3v) is 2.26. The van der Waals surface area contributed by atoms with Crippen molar-refractivity contribution < 1.29 is 4.74 Å². The Kier molecular flexibility index (Phi) is 2.65. The van der Waals surface area contributed by atoms with Gasteiger partial charge in [-0.05, 0) is 13.5 Å². The fourth-order valence-electron chi connectivity index (χ4n) is 1.48. The van der Waals surface area contributed by atoms with Gasteiger partial charge in [0.1, 0.15) is 0 Å². The maximum absolute atomic E-state index is 5.54. The van der Waals surface area contributed by atoms with Crippen LogP contribution in [0.25, 0.3) is 0 Å². The quantitative estimate of drug-likeness (QED) is 0.576. The highest BCUT2D eigenvalue weighted by Crippen LogP contribution is 2.16. The predicted octanol–water partition coefficient (Wildman–Crippen LogP) is -0.336. The van der Waals surface area contributed by atoms with Gasteiger partial charge >= 0.3 is 0 Å². The van der Waals surface area contributed by atoms with Crippen molar-refractivity contribution in [1.29, 1.82) is 0 Å². The van der Waals surface area contributed by atoms with Crippen molar-refractivity contribution in [2.24, 2.45) is 5.73 Å². The number of hydrogen-bond acceptors (Lipinski definition) is 3. The zero-order valence-electron chi connectivity index (χ0n) is 6.71. The van der Waals surface area contributed by atoms with E-state index in [0.717, 1.165) is 19.5 Å². The van der Waals surface area contributed by atoms with Crippen molar-refractivity contribution in [2.75, 3.05) is 27.2 Å². The molecule has 0 aromatic rings. The van der Waals surface area contributed by atoms with Gasteiger partial charge in [-0.2, -0.15) is 0 Å². The van der Waals surface area contributed by atoms with Gasteiger partial charge in [0.15, 0.2) is 0 Å². The Morgan fingerprint density at radius 3 is 2.70 bits per heavy atom. The fourth-order valence-corrected chi connectivity index (χ4v) is 1.48. The van der Waals surface area contributed by atoms with Gasteiger partial charge in [0.2, 0.25) is 0 Å². The van der Waals surface area contributed by atoms with Gasteiger partial charge in [0.05, 0.1) is 6.10 Å². The van der Waals surface area contributed by atoms with Gasteiger partial charge in [0.25, 0.3) is 0 Å². The van der Waals surface area contributed by atoms with E-state index in [1.807, 2.05) is 0 Å². The molecule has 1 aliphatic rings. The van der Waals surface area contributed by atoms with E-state index in [1.165, 1.54) is 0 Å². The summed E-state index contributed by atoms with van der Waals surface area (Å²) in [5.74, 6) is 0. The summed E-state index contributed by atoms with van der Waals surface area (Å²) in [7, 11) is 3.86. The Labute approximate surface area is 62.1 Å². The molecular formula is C7H16N2O. The van der Waals surface area contributed by atoms with Crippen LogP contribution < -0.4 is 5.73 Å². The van der Waals surface area contributed by atoms with Crippen LogP contribution in [0.4, 0.5) is 0 Å². The van der Waals surface area contributed by atoms with Crippen LogP contribution in [0.5, 0.6) is 0 Å². The molecule has 0 amide bonds. The maximum Gasteiger partial charge on any atom is 0.0713 e. The Balaban J connectivity index is 2.36. The summed E-state index contributed by atoms with van der Waals surface area (Å²) < 4.78 is 5.22. The van der Waals surface area contributed by atoms with Gasteiger partial charge in [-0.25, -0.2) is 0 Å². The first-order chi connectivity index (χ1) is 4.77. The van der Waals surface area contributed by atoms with Crippen LogP contribution in [0.15, 0.2) is 0 Å². The van der Waals surface area contributed by atoms with Crippen LogP contribution in [0.3, 0.4) is 0 Å². The summed E-state index contributed by atoms with van der Waals surface area (Å²) in [6.45, 7) is 1.77. The van der Waals surface area contributed by atoms with Gasteiger partial charge in [-0.15, -0.1) is 0 Å². The molecule has 0 aromatic carbocycles. The molecule has 3 nitrogen and oxygen atoms in total. The van der Waals surface area contributed by atoms with E-state index in [1.54, 1.807) is 7.11 Å². The molecule has 0 radical (unpaired) electrons. The van der Waals surface area contributed by atoms with E-state index >= 15 is 0 Å². The third-order valence-electron chi connectivity index (χ3n) is 2.26. The van der Waals surface area contributed by atoms with Gasteiger partial charge in [-0.1, -0.05) is 0 Å². The Hall–Kier alpha value is -0.120. The highest BCUT2D eigenvalue weighted by molar-refractivity contribution is 4.83. The summed E-state index contributed by atoms with van der Waals surface area (Å²) >= 11 is 0. The second kappa shape index (κ2) is 3.32. The topological polar surface area (TPSA) is 38.5 Å². The van der Waals surface area contributed by atoms with Crippen molar-refractivity contribution in [3.63, 3.8) is 0 Å². The molecule has 2 N–H and O–H groups in total. The highest BCUT2D eigenvalue weighted by Gasteiger charge is 2.27. The van der Waals surface area contributed by atoms with Crippen LogP contribution >= 0.6 is 0 Å². The van der Waals surface area contributed by atoms with Gasteiger partial charge in [0, 0.05) is 26.2 Å². The highest BCUT2D eigenvalue weighted by atomic mass is 16.5. The van der Waals surface area contributed by atoms with E-state index < -0.39 is 0 Å². The summed E-state index contributed by atoms with van der Waals surface area (Å²) in [5.41, 5.74) is 5.54. The number of hydrogen-bond donors (Lipinski definition) is 1. The average molecular weight is 144 g/mol. The maximum atomic E-state index is 5.54. The molecule has 0 spiro atoms. The number of ether oxygens (including phenoxy) is 1. The average Bonchev–Trinajstić information content (AvgIpc) is 2.30. The summed E-state index contributed by atoms with van der Waals surface area (Å²) in [4.78, 5) is 2.26. The molecule has 0 saturated carbocycles. The normalized spacial score (nSPS) is 35.1. The number of likely N-dealkylation sites (tertiary alicyclic amines) is 1. The first kappa shape index (κ1) is 7.98. The molecule has 1 heterocycles. The molecule has 1 saturated heterocycles. The summed E-state index contributed by atoms with van der Waals surface area (Å²) in [6, 6.07) is 0.532. The molecule has 0 aliphatic carbocycles. The van der Waals surface area contributed by atoms with Crippen molar-refractivity contribution in [3.8, 4) is 0 Å². The molecule has 60 valence electrons. The van der Waals surface area contributed by atoms with Crippen molar-refractivity contribution in [2.45, 2.75) is 18.6 Å². The van der Waals surface area contributed by atoms with E-state index in [-0.39, 0.29) is 0 Å². The van der Waals surface area contributed by atoms with E-state index in [2.05, 4.69) is 11.9 Å². The number of nitrogens with zero attached hydrogens (tertiary/aromatic N) is 1. The Morgan fingerprint density at radius 2 is 2.40 bits per heavy atom. The lowest BCUT2D eigenvalue weighted by atomic mass is 10.2. The Bertz CT molecular complexity index is 108. The van der Waals surface area contributed by atoms with Crippen LogP contribution in [0.2, 0.25) is 0 Å². The zero-order valence-corrected chi connectivity index (χ0v) is 6.71. The zero-order chi connectivity index (χ0) is 7.56. The van der Waals surface area contributed by atoms with Gasteiger partial charge < -0.3 is 10.5 Å². The number of nitrogens with two attached hydrogens (primary N) is 1. The van der Waals surface area contributed by atoms with Crippen molar-refractivity contribution in [3.05, 3.63) is 0 Å². The van der Waals surface area contributed by atoms with Crippen LogP contribution in [-0.4, -0.2) is 44.3 Å². The van der Waals surface area contributed by atoms with E-state index in [4.69, 9.17) is 10.5 Å². The monoisotopic (exact) mass is 144 g/mol. The van der Waals surface area contributed by atoms with Crippen LogP contribution in [0, 0.1) is 0 Å². The second-order valence-corrected chi connectivity index (χ2v) is 2.92. The standard InChI is InChI=1S/C7H16N2O/c1-9-5-7(10-2)3-6(9)4-8/h6-7H,3-5,8H2,1-2H3/t6-,7?/m0/s1. The lowest BCUT2D eigenvalue weighted by Crippen LogP contribution is -2.31. The van der Waals surface area contributed by atoms with Crippen LogP contribution in [-0.2, 0) is 4.74 Å². The van der Waals surface area contributed by atoms with E-state index in [0.29, 0.717) is 12.1 Å². The number of rotatable bonds is 2. The first-order valence-electron chi connectivity index (χ1n) is 3.71. The van der Waals surface area contributed by atoms with Gasteiger partial charge in [-0.3, -0.25) is 4.90 Å². The van der Waals surface area contributed by atoms with Crippen molar-refractivity contribution in [1.82, 2.24) is 4.90 Å². The first-order valence-corrected chi connectivity index (χ1v) is 3.71. The third kappa shape index (κ3) is 1.48. The lowest BCUT2D eigenvalue weighted by Gasteiger charge is -2.15. The molecule has 0 aromatic heterocycles. The summed E-state index contributed by atoms with van der Waals surface area (Å²) in [6.07, 6.45) is 1.49. The molecule has 0 bridgehead atoms. The minimum absolute atomic E-state index is 0.401.